The molecule has 0 spiro atoms. The van der Waals surface area contributed by atoms with Gasteiger partial charge in [-0.05, 0) is 0 Å². The Bertz CT molecular complexity index is 192. The van der Waals surface area contributed by atoms with E-state index in [4.69, 9.17) is 10.0 Å². The Morgan fingerprint density at radius 2 is 2.14 bits per heavy atom. The number of hydrogen-bond acceptors (Lipinski definition) is 4. The molecule has 1 aliphatic rings. The molecule has 82 valence electrons. The molecule has 4 nitrogen and oxygen atoms in total. The summed E-state index contributed by atoms with van der Waals surface area (Å²) in [6, 6.07) is 0. The summed E-state index contributed by atoms with van der Waals surface area (Å²) in [5.41, 5.74) is 0. The molecule has 2 atom stereocenters. The number of rotatable bonds is 3. The number of ether oxygens (including phenoxy) is 2. The lowest BCUT2D eigenvalue weighted by molar-refractivity contribution is -0.314. The smallest absolute Gasteiger partial charge is 0.426 e. The highest BCUT2D eigenvalue weighted by molar-refractivity contribution is 6.40. The summed E-state index contributed by atoms with van der Waals surface area (Å²) >= 11 is 0. The third-order valence-electron chi connectivity index (χ3n) is 1.80. The van der Waals surface area contributed by atoms with E-state index < -0.39 is 32.0 Å². The van der Waals surface area contributed by atoms with Crippen LogP contribution in [0.4, 0.5) is 13.2 Å². The van der Waals surface area contributed by atoms with Crippen LogP contribution >= 0.6 is 0 Å². The molecular formula is C6H10BF3O4. The third kappa shape index (κ3) is 2.84. The lowest BCUT2D eigenvalue weighted by atomic mass is 9.94. The van der Waals surface area contributed by atoms with Crippen LogP contribution in [0.25, 0.3) is 0 Å². The Hall–Kier alpha value is -0.305. The lowest BCUT2D eigenvalue weighted by Crippen LogP contribution is -2.48. The third-order valence-corrected chi connectivity index (χ3v) is 1.80. The Labute approximate surface area is 78.8 Å². The van der Waals surface area contributed by atoms with E-state index in [2.05, 4.69) is 9.47 Å². The largest absolute Gasteiger partial charge is 0.479 e. The highest BCUT2D eigenvalue weighted by Gasteiger charge is 2.50. The Morgan fingerprint density at radius 1 is 1.50 bits per heavy atom. The van der Waals surface area contributed by atoms with Crippen LogP contribution in [0.15, 0.2) is 0 Å². The maximum absolute atomic E-state index is 12.9. The van der Waals surface area contributed by atoms with Crippen molar-refractivity contribution in [3.8, 4) is 0 Å². The first-order chi connectivity index (χ1) is 6.43. The van der Waals surface area contributed by atoms with Gasteiger partial charge in [0.1, 0.15) is 0 Å². The van der Waals surface area contributed by atoms with Gasteiger partial charge in [-0.2, -0.15) is 8.78 Å². The lowest BCUT2D eigenvalue weighted by Gasteiger charge is -2.32. The summed E-state index contributed by atoms with van der Waals surface area (Å²) < 4.78 is 46.5. The zero-order valence-electron chi connectivity index (χ0n) is 7.20. The highest BCUT2D eigenvalue weighted by atomic mass is 19.3. The predicted octanol–water partition coefficient (Wildman–Crippen LogP) is -0.265. The van der Waals surface area contributed by atoms with Crippen LogP contribution in [0.5, 0.6) is 0 Å². The highest BCUT2D eigenvalue weighted by Crippen LogP contribution is 2.32. The molecule has 0 aromatic rings. The fraction of sp³-hybridized carbons (Fsp3) is 1.00. The van der Waals surface area contributed by atoms with Crippen molar-refractivity contribution >= 4 is 7.12 Å². The second-order valence-corrected chi connectivity index (χ2v) is 2.95. The SMILES string of the molecule is OB(O)COC1CCOC(F)(F)C1F. The molecule has 1 fully saturated rings. The maximum atomic E-state index is 12.9. The number of hydrogen-bond donors (Lipinski definition) is 2. The van der Waals surface area contributed by atoms with Crippen molar-refractivity contribution in [1.82, 2.24) is 0 Å². The average Bonchev–Trinajstić information content (AvgIpc) is 2.07. The molecule has 0 aliphatic carbocycles. The predicted molar refractivity (Wildman–Crippen MR) is 40.3 cm³/mol. The van der Waals surface area contributed by atoms with Crippen molar-refractivity contribution in [2.45, 2.75) is 24.8 Å². The van der Waals surface area contributed by atoms with E-state index in [0.29, 0.717) is 0 Å². The van der Waals surface area contributed by atoms with Crippen LogP contribution in [0.3, 0.4) is 0 Å². The zero-order chi connectivity index (χ0) is 10.8. The van der Waals surface area contributed by atoms with E-state index in [1.54, 1.807) is 0 Å². The first kappa shape index (κ1) is 11.8. The molecule has 0 radical (unpaired) electrons. The van der Waals surface area contributed by atoms with Crippen molar-refractivity contribution < 1.29 is 32.7 Å². The second-order valence-electron chi connectivity index (χ2n) is 2.95. The first-order valence-electron chi connectivity index (χ1n) is 4.07. The van der Waals surface area contributed by atoms with Gasteiger partial charge in [0.25, 0.3) is 0 Å². The van der Waals surface area contributed by atoms with Gasteiger partial charge in [-0.25, -0.2) is 4.39 Å². The van der Waals surface area contributed by atoms with Crippen molar-refractivity contribution in [1.29, 1.82) is 0 Å². The van der Waals surface area contributed by atoms with Gasteiger partial charge in [0.15, 0.2) is 0 Å². The molecule has 0 bridgehead atoms. The van der Waals surface area contributed by atoms with Crippen molar-refractivity contribution in [2.24, 2.45) is 0 Å². The molecular weight excluding hydrogens is 204 g/mol. The zero-order valence-corrected chi connectivity index (χ0v) is 7.20. The van der Waals surface area contributed by atoms with Gasteiger partial charge in [-0.15, -0.1) is 0 Å². The molecule has 14 heavy (non-hydrogen) atoms. The maximum Gasteiger partial charge on any atom is 0.479 e. The van der Waals surface area contributed by atoms with Gasteiger partial charge in [0.05, 0.1) is 19.2 Å². The minimum Gasteiger partial charge on any atom is -0.426 e. The van der Waals surface area contributed by atoms with Crippen LogP contribution in [0.2, 0.25) is 0 Å². The van der Waals surface area contributed by atoms with E-state index >= 15 is 0 Å². The van der Waals surface area contributed by atoms with Gasteiger partial charge in [0.2, 0.25) is 6.17 Å². The van der Waals surface area contributed by atoms with Gasteiger partial charge in [-0.1, -0.05) is 0 Å². The van der Waals surface area contributed by atoms with E-state index in [9.17, 15) is 13.2 Å². The molecule has 0 aromatic heterocycles. The van der Waals surface area contributed by atoms with E-state index in [1.807, 2.05) is 0 Å². The van der Waals surface area contributed by atoms with Gasteiger partial charge < -0.3 is 19.5 Å². The monoisotopic (exact) mass is 214 g/mol. The molecule has 1 rings (SSSR count). The summed E-state index contributed by atoms with van der Waals surface area (Å²) in [5.74, 6) is 0. The topological polar surface area (TPSA) is 58.9 Å². The van der Waals surface area contributed by atoms with Crippen molar-refractivity contribution in [3.05, 3.63) is 0 Å². The first-order valence-corrected chi connectivity index (χ1v) is 4.07. The van der Waals surface area contributed by atoms with Crippen molar-refractivity contribution in [2.75, 3.05) is 13.1 Å². The fourth-order valence-corrected chi connectivity index (χ4v) is 1.13. The van der Waals surface area contributed by atoms with Crippen LogP contribution in [-0.2, 0) is 9.47 Å². The summed E-state index contributed by atoms with van der Waals surface area (Å²) in [6.45, 7) is -0.916. The minimum absolute atomic E-state index is 0.0382. The standard InChI is InChI=1S/C6H10BF3O4/c8-5-4(13-3-7(11)12)1-2-14-6(5,9)10/h4-5,11-12H,1-3H2. The van der Waals surface area contributed by atoms with Gasteiger partial charge in [0, 0.05) is 6.42 Å². The summed E-state index contributed by atoms with van der Waals surface area (Å²) in [7, 11) is -1.79. The van der Waals surface area contributed by atoms with E-state index in [-0.39, 0.29) is 13.0 Å². The average molecular weight is 214 g/mol. The molecule has 0 amide bonds. The molecule has 1 heterocycles. The van der Waals surface area contributed by atoms with E-state index in [1.165, 1.54) is 0 Å². The van der Waals surface area contributed by atoms with Crippen LogP contribution in [0.1, 0.15) is 6.42 Å². The summed E-state index contributed by atoms with van der Waals surface area (Å²) in [6.07, 6.45) is -7.83. The molecule has 0 aromatic carbocycles. The Morgan fingerprint density at radius 3 is 2.71 bits per heavy atom. The second kappa shape index (κ2) is 4.48. The Balaban J connectivity index is 2.44. The van der Waals surface area contributed by atoms with Gasteiger partial charge in [-0.3, -0.25) is 0 Å². The van der Waals surface area contributed by atoms with Crippen LogP contribution < -0.4 is 0 Å². The Kier molecular flexibility index (Phi) is 3.76. The molecule has 0 saturated carbocycles. The molecule has 1 aliphatic heterocycles. The molecule has 8 heteroatoms. The minimum atomic E-state index is -3.86. The van der Waals surface area contributed by atoms with Crippen LogP contribution in [-0.4, -0.2) is 48.7 Å². The molecule has 1 saturated heterocycles. The summed E-state index contributed by atoms with van der Waals surface area (Å²) in [5, 5.41) is 16.8. The number of halogens is 3. The molecule has 2 unspecified atom stereocenters. The molecule has 2 N–H and O–H groups in total. The van der Waals surface area contributed by atoms with E-state index in [0.717, 1.165) is 0 Å². The van der Waals surface area contributed by atoms with Crippen LogP contribution in [0, 0.1) is 0 Å². The quantitative estimate of drug-likeness (QED) is 0.635. The number of alkyl halides is 3. The normalized spacial score (nSPS) is 31.5. The summed E-state index contributed by atoms with van der Waals surface area (Å²) in [4.78, 5) is 0. The van der Waals surface area contributed by atoms with Crippen molar-refractivity contribution in [3.63, 3.8) is 0 Å². The fourth-order valence-electron chi connectivity index (χ4n) is 1.13. The van der Waals surface area contributed by atoms with Gasteiger partial charge >= 0.3 is 13.2 Å².